The molecule has 1 amide bonds. The van der Waals surface area contributed by atoms with Crippen molar-refractivity contribution in [2.45, 2.75) is 6.04 Å². The summed E-state index contributed by atoms with van der Waals surface area (Å²) in [5.41, 5.74) is 0.647. The fraction of sp³-hybridized carbons (Fsp3) is 0.120. The lowest BCUT2D eigenvalue weighted by molar-refractivity contribution is -0.132. The van der Waals surface area contributed by atoms with E-state index in [4.69, 9.17) is 9.47 Å². The topological polar surface area (TPSA) is 117 Å². The molecule has 1 heterocycles. The number of aliphatic hydroxyl groups excluding tert-OH is 1. The number of rotatable bonds is 5. The number of benzene rings is 3. The van der Waals surface area contributed by atoms with Crippen molar-refractivity contribution in [3.63, 3.8) is 0 Å². The number of carbonyl (C=O) groups excluding carboxylic acids is 2. The number of hydrogen-bond acceptors (Lipinski definition) is 7. The van der Waals surface area contributed by atoms with Crippen molar-refractivity contribution in [3.05, 3.63) is 83.4 Å². The highest BCUT2D eigenvalue weighted by Gasteiger charge is 2.47. The van der Waals surface area contributed by atoms with Crippen LogP contribution in [0.25, 0.3) is 5.76 Å². The minimum atomic E-state index is -1.05. The van der Waals surface area contributed by atoms with Gasteiger partial charge in [0.1, 0.15) is 17.3 Å². The van der Waals surface area contributed by atoms with E-state index >= 15 is 0 Å². The van der Waals surface area contributed by atoms with Gasteiger partial charge in [-0.05, 0) is 48.0 Å². The lowest BCUT2D eigenvalue weighted by Crippen LogP contribution is -2.29. The number of amides is 1. The van der Waals surface area contributed by atoms with E-state index in [1.54, 1.807) is 30.3 Å². The molecule has 8 nitrogen and oxygen atoms in total. The predicted molar refractivity (Wildman–Crippen MR) is 121 cm³/mol. The van der Waals surface area contributed by atoms with E-state index < -0.39 is 23.5 Å². The van der Waals surface area contributed by atoms with Crippen LogP contribution in [0, 0.1) is 0 Å². The van der Waals surface area contributed by atoms with E-state index in [2.05, 4.69) is 0 Å². The minimum Gasteiger partial charge on any atom is -0.508 e. The van der Waals surface area contributed by atoms with Crippen molar-refractivity contribution in [3.8, 4) is 23.0 Å². The molecule has 3 aromatic carbocycles. The molecule has 0 aromatic heterocycles. The van der Waals surface area contributed by atoms with Gasteiger partial charge >= 0.3 is 0 Å². The monoisotopic (exact) mass is 447 g/mol. The Morgan fingerprint density at radius 3 is 2.18 bits per heavy atom. The van der Waals surface area contributed by atoms with Gasteiger partial charge in [0.15, 0.2) is 11.5 Å². The first-order chi connectivity index (χ1) is 15.9. The van der Waals surface area contributed by atoms with Crippen LogP contribution in [-0.2, 0) is 9.59 Å². The van der Waals surface area contributed by atoms with Crippen LogP contribution in [0.15, 0.2) is 72.3 Å². The molecule has 1 fully saturated rings. The van der Waals surface area contributed by atoms with Crippen molar-refractivity contribution >= 4 is 23.1 Å². The number of nitrogens with zero attached hydrogens (tertiary/aromatic N) is 1. The zero-order valence-corrected chi connectivity index (χ0v) is 17.9. The zero-order valence-electron chi connectivity index (χ0n) is 17.9. The summed E-state index contributed by atoms with van der Waals surface area (Å²) in [6.45, 7) is 0. The summed E-state index contributed by atoms with van der Waals surface area (Å²) in [5.74, 6) is -1.67. The molecule has 4 rings (SSSR count). The molecule has 0 saturated carbocycles. The van der Waals surface area contributed by atoms with Crippen LogP contribution in [0.3, 0.4) is 0 Å². The molecule has 3 aromatic rings. The molecule has 0 bridgehead atoms. The third-order valence-corrected chi connectivity index (χ3v) is 5.45. The largest absolute Gasteiger partial charge is 0.508 e. The van der Waals surface area contributed by atoms with Gasteiger partial charge in [-0.25, -0.2) is 0 Å². The van der Waals surface area contributed by atoms with Gasteiger partial charge in [-0.3, -0.25) is 14.5 Å². The second-order valence-electron chi connectivity index (χ2n) is 7.32. The van der Waals surface area contributed by atoms with Gasteiger partial charge in [-0.15, -0.1) is 0 Å². The highest BCUT2D eigenvalue weighted by Crippen LogP contribution is 2.45. The van der Waals surface area contributed by atoms with E-state index in [1.807, 2.05) is 0 Å². The first kappa shape index (κ1) is 21.8. The predicted octanol–water partition coefficient (Wildman–Crippen LogP) is 3.74. The molecular weight excluding hydrogens is 426 g/mol. The molecule has 33 heavy (non-hydrogen) atoms. The quantitative estimate of drug-likeness (QED) is 0.310. The molecule has 1 saturated heterocycles. The molecule has 1 atom stereocenters. The number of hydrogen-bond donors (Lipinski definition) is 3. The molecule has 1 aliphatic heterocycles. The van der Waals surface area contributed by atoms with Crippen LogP contribution in [-0.4, -0.2) is 41.2 Å². The van der Waals surface area contributed by atoms with Crippen LogP contribution in [0.2, 0.25) is 0 Å². The lowest BCUT2D eigenvalue weighted by atomic mass is 9.95. The minimum absolute atomic E-state index is 0.00171. The number of methoxy groups -OCH3 is 2. The van der Waals surface area contributed by atoms with Crippen molar-refractivity contribution < 1.29 is 34.4 Å². The third-order valence-electron chi connectivity index (χ3n) is 5.45. The highest BCUT2D eigenvalue weighted by molar-refractivity contribution is 6.51. The van der Waals surface area contributed by atoms with E-state index in [-0.39, 0.29) is 28.3 Å². The van der Waals surface area contributed by atoms with Gasteiger partial charge in [0.2, 0.25) is 0 Å². The first-order valence-electron chi connectivity index (χ1n) is 9.97. The number of phenolic OH excluding ortho intramolecular Hbond substituents is 2. The van der Waals surface area contributed by atoms with Crippen LogP contribution in [0.5, 0.6) is 23.0 Å². The standard InChI is InChI=1S/C25H21NO7/c1-32-19-12-9-15(13-20(19)33-2)23(29)21-22(14-7-10-16(27)11-8-14)26(25(31)24(21)30)17-5-3-4-6-18(17)28/h3-13,22,27-29H,1-2H3/b23-21-. The molecule has 8 heteroatoms. The summed E-state index contributed by atoms with van der Waals surface area (Å²) < 4.78 is 10.5. The number of aliphatic hydroxyl groups is 1. The van der Waals surface area contributed by atoms with Crippen LogP contribution >= 0.6 is 0 Å². The fourth-order valence-electron chi connectivity index (χ4n) is 3.86. The molecule has 1 unspecified atom stereocenters. The van der Waals surface area contributed by atoms with Crippen LogP contribution in [0.4, 0.5) is 5.69 Å². The average Bonchev–Trinajstić information content (AvgIpc) is 3.09. The Bertz CT molecular complexity index is 1260. The number of anilines is 1. The number of ether oxygens (including phenoxy) is 2. The lowest BCUT2D eigenvalue weighted by Gasteiger charge is -2.26. The SMILES string of the molecule is COc1ccc(/C(O)=C2/C(=O)C(=O)N(c3ccccc3O)C2c2ccc(O)cc2)cc1OC. The number of phenols is 2. The molecule has 168 valence electrons. The van der Waals surface area contributed by atoms with Gasteiger partial charge in [-0.2, -0.15) is 0 Å². The summed E-state index contributed by atoms with van der Waals surface area (Å²) >= 11 is 0. The summed E-state index contributed by atoms with van der Waals surface area (Å²) in [6.07, 6.45) is 0. The van der Waals surface area contributed by atoms with Crippen molar-refractivity contribution in [2.75, 3.05) is 19.1 Å². The fourth-order valence-corrected chi connectivity index (χ4v) is 3.86. The summed E-state index contributed by atoms with van der Waals surface area (Å²) in [7, 11) is 2.91. The number of aromatic hydroxyl groups is 2. The van der Waals surface area contributed by atoms with Gasteiger partial charge in [0.25, 0.3) is 11.7 Å². The smallest absolute Gasteiger partial charge is 0.300 e. The van der Waals surface area contributed by atoms with E-state index in [9.17, 15) is 24.9 Å². The molecule has 0 radical (unpaired) electrons. The van der Waals surface area contributed by atoms with Crippen LogP contribution < -0.4 is 14.4 Å². The zero-order chi connectivity index (χ0) is 23.7. The average molecular weight is 447 g/mol. The van der Waals surface area contributed by atoms with Gasteiger partial charge in [0.05, 0.1) is 31.5 Å². The van der Waals surface area contributed by atoms with Crippen molar-refractivity contribution in [1.29, 1.82) is 0 Å². The summed E-state index contributed by atoms with van der Waals surface area (Å²) in [4.78, 5) is 27.4. The summed E-state index contributed by atoms with van der Waals surface area (Å²) in [5, 5.41) is 31.3. The molecular formula is C25H21NO7. The Morgan fingerprint density at radius 2 is 1.55 bits per heavy atom. The molecule has 1 aliphatic rings. The highest BCUT2D eigenvalue weighted by atomic mass is 16.5. The second-order valence-corrected chi connectivity index (χ2v) is 7.32. The van der Waals surface area contributed by atoms with E-state index in [0.29, 0.717) is 17.1 Å². The number of Topliss-reactive ketones (excluding diaryl/α,β-unsaturated/α-hetero) is 1. The third kappa shape index (κ3) is 3.71. The number of carbonyl (C=O) groups is 2. The number of para-hydroxylation sites is 2. The molecule has 3 N–H and O–H groups in total. The van der Waals surface area contributed by atoms with Gasteiger partial charge < -0.3 is 24.8 Å². The van der Waals surface area contributed by atoms with Crippen molar-refractivity contribution in [1.82, 2.24) is 0 Å². The van der Waals surface area contributed by atoms with Gasteiger partial charge in [0, 0.05) is 5.56 Å². The Kier molecular flexibility index (Phi) is 5.66. The summed E-state index contributed by atoms with van der Waals surface area (Å²) in [6, 6.07) is 15.6. The van der Waals surface area contributed by atoms with E-state index in [1.165, 1.54) is 50.6 Å². The Morgan fingerprint density at radius 1 is 0.879 bits per heavy atom. The maximum atomic E-state index is 13.1. The molecule has 0 aliphatic carbocycles. The van der Waals surface area contributed by atoms with E-state index in [0.717, 1.165) is 4.90 Å². The Labute approximate surface area is 189 Å². The maximum Gasteiger partial charge on any atom is 0.300 e. The van der Waals surface area contributed by atoms with Crippen molar-refractivity contribution in [2.24, 2.45) is 0 Å². The number of ketones is 1. The first-order valence-corrected chi connectivity index (χ1v) is 9.97. The Balaban J connectivity index is 1.96. The second kappa shape index (κ2) is 8.58. The maximum absolute atomic E-state index is 13.1. The van der Waals surface area contributed by atoms with Gasteiger partial charge in [-0.1, -0.05) is 24.3 Å². The molecule has 0 spiro atoms. The normalized spacial score (nSPS) is 17.3. The van der Waals surface area contributed by atoms with Crippen LogP contribution in [0.1, 0.15) is 17.2 Å². The Hall–Kier alpha value is -4.46.